The summed E-state index contributed by atoms with van der Waals surface area (Å²) in [6, 6.07) is 12.9. The fraction of sp³-hybridized carbons (Fsp3) is 0.250. The molecule has 110 valence electrons. The third kappa shape index (κ3) is 3.72. The molecule has 0 fully saturated rings. The Bertz CT molecular complexity index is 654. The number of nitrogens with zero attached hydrogens (tertiary/aromatic N) is 2. The zero-order chi connectivity index (χ0) is 15.4. The summed E-state index contributed by atoms with van der Waals surface area (Å²) in [7, 11) is 4.01. The lowest BCUT2D eigenvalue weighted by Crippen LogP contribution is -2.09. The van der Waals surface area contributed by atoms with E-state index in [4.69, 9.17) is 0 Å². The average Bonchev–Trinajstić information content (AvgIpc) is 2.46. The van der Waals surface area contributed by atoms with Gasteiger partial charge < -0.3 is 10.2 Å². The number of nitro benzene ring substituents is 1. The van der Waals surface area contributed by atoms with Crippen LogP contribution in [0.2, 0.25) is 0 Å². The Balaban J connectivity index is 2.09. The molecule has 0 bridgehead atoms. The van der Waals surface area contributed by atoms with Gasteiger partial charge in [-0.25, -0.2) is 0 Å². The minimum Gasteiger partial charge on any atom is -0.381 e. The molecule has 2 rings (SSSR count). The van der Waals surface area contributed by atoms with Crippen molar-refractivity contribution in [2.75, 3.05) is 24.3 Å². The Labute approximate surface area is 124 Å². The van der Waals surface area contributed by atoms with Crippen LogP contribution in [-0.2, 0) is 6.54 Å². The third-order valence-corrected chi connectivity index (χ3v) is 3.33. The number of anilines is 2. The van der Waals surface area contributed by atoms with Gasteiger partial charge in [0.1, 0.15) is 0 Å². The number of nitro groups is 1. The van der Waals surface area contributed by atoms with Gasteiger partial charge in [0.2, 0.25) is 0 Å². The van der Waals surface area contributed by atoms with Crippen LogP contribution in [0.1, 0.15) is 11.1 Å². The van der Waals surface area contributed by atoms with Gasteiger partial charge in [0.25, 0.3) is 5.69 Å². The van der Waals surface area contributed by atoms with Crippen LogP contribution in [0.3, 0.4) is 0 Å². The average molecular weight is 285 g/mol. The van der Waals surface area contributed by atoms with Crippen LogP contribution in [0.15, 0.2) is 42.5 Å². The van der Waals surface area contributed by atoms with E-state index in [2.05, 4.69) is 16.3 Å². The van der Waals surface area contributed by atoms with Gasteiger partial charge in [0.05, 0.1) is 4.92 Å². The van der Waals surface area contributed by atoms with Crippen molar-refractivity contribution in [3.05, 3.63) is 63.7 Å². The summed E-state index contributed by atoms with van der Waals surface area (Å²) in [4.78, 5) is 12.4. The van der Waals surface area contributed by atoms with E-state index in [1.807, 2.05) is 39.2 Å². The van der Waals surface area contributed by atoms with Gasteiger partial charge in [0, 0.05) is 44.1 Å². The molecule has 0 saturated carbocycles. The smallest absolute Gasteiger partial charge is 0.269 e. The van der Waals surface area contributed by atoms with Gasteiger partial charge in [-0.3, -0.25) is 10.1 Å². The maximum atomic E-state index is 10.8. The van der Waals surface area contributed by atoms with E-state index in [9.17, 15) is 10.1 Å². The van der Waals surface area contributed by atoms with E-state index < -0.39 is 0 Å². The molecule has 0 amide bonds. The molecule has 21 heavy (non-hydrogen) atoms. The molecule has 0 heterocycles. The summed E-state index contributed by atoms with van der Waals surface area (Å²) in [6.07, 6.45) is 0. The maximum Gasteiger partial charge on any atom is 0.269 e. The quantitative estimate of drug-likeness (QED) is 0.674. The zero-order valence-electron chi connectivity index (χ0n) is 12.5. The number of benzene rings is 2. The van der Waals surface area contributed by atoms with Crippen LogP contribution < -0.4 is 10.2 Å². The van der Waals surface area contributed by atoms with Crippen molar-refractivity contribution in [1.29, 1.82) is 0 Å². The largest absolute Gasteiger partial charge is 0.381 e. The Morgan fingerprint density at radius 3 is 2.57 bits per heavy atom. The van der Waals surface area contributed by atoms with Gasteiger partial charge >= 0.3 is 0 Å². The summed E-state index contributed by atoms with van der Waals surface area (Å²) in [5.41, 5.74) is 4.33. The monoisotopic (exact) mass is 285 g/mol. The van der Waals surface area contributed by atoms with Crippen LogP contribution in [0.4, 0.5) is 17.1 Å². The van der Waals surface area contributed by atoms with Crippen molar-refractivity contribution in [2.45, 2.75) is 13.5 Å². The van der Waals surface area contributed by atoms with Crippen molar-refractivity contribution < 1.29 is 4.92 Å². The van der Waals surface area contributed by atoms with E-state index in [0.29, 0.717) is 6.54 Å². The topological polar surface area (TPSA) is 58.4 Å². The molecule has 0 atom stereocenters. The molecular formula is C16H19N3O2. The molecule has 1 N–H and O–H groups in total. The molecule has 0 aliphatic carbocycles. The van der Waals surface area contributed by atoms with Gasteiger partial charge in [-0.1, -0.05) is 12.1 Å². The van der Waals surface area contributed by atoms with Gasteiger partial charge in [-0.05, 0) is 36.2 Å². The molecule has 0 aromatic heterocycles. The molecule has 0 unspecified atom stereocenters. The lowest BCUT2D eigenvalue weighted by Gasteiger charge is -2.16. The first kappa shape index (κ1) is 14.8. The first-order valence-corrected chi connectivity index (χ1v) is 6.72. The standard InChI is InChI=1S/C16H19N3O2/c1-12-9-14(18(2)3)7-8-16(12)17-11-13-5-4-6-15(10-13)19(20)21/h4-10,17H,11H2,1-3H3. The van der Waals surface area contributed by atoms with Gasteiger partial charge in [0.15, 0.2) is 0 Å². The highest BCUT2D eigenvalue weighted by Gasteiger charge is 2.06. The first-order chi connectivity index (χ1) is 9.97. The highest BCUT2D eigenvalue weighted by atomic mass is 16.6. The summed E-state index contributed by atoms with van der Waals surface area (Å²) < 4.78 is 0. The second-order valence-electron chi connectivity index (χ2n) is 5.17. The van der Waals surface area contributed by atoms with Gasteiger partial charge in [-0.2, -0.15) is 0 Å². The fourth-order valence-corrected chi connectivity index (χ4v) is 2.10. The zero-order valence-corrected chi connectivity index (χ0v) is 12.5. The number of hydrogen-bond acceptors (Lipinski definition) is 4. The van der Waals surface area contributed by atoms with Crippen molar-refractivity contribution in [3.8, 4) is 0 Å². The molecule has 5 nitrogen and oxygen atoms in total. The second-order valence-corrected chi connectivity index (χ2v) is 5.17. The van der Waals surface area contributed by atoms with Crippen LogP contribution >= 0.6 is 0 Å². The summed E-state index contributed by atoms with van der Waals surface area (Å²) >= 11 is 0. The first-order valence-electron chi connectivity index (χ1n) is 6.72. The number of non-ortho nitro benzene ring substituents is 1. The van der Waals surface area contributed by atoms with Crippen LogP contribution in [-0.4, -0.2) is 19.0 Å². The highest BCUT2D eigenvalue weighted by molar-refractivity contribution is 5.60. The molecule has 0 aliphatic rings. The van der Waals surface area contributed by atoms with Crippen molar-refractivity contribution in [3.63, 3.8) is 0 Å². The highest BCUT2D eigenvalue weighted by Crippen LogP contribution is 2.22. The minimum absolute atomic E-state index is 0.119. The Kier molecular flexibility index (Phi) is 4.42. The van der Waals surface area contributed by atoms with Crippen LogP contribution in [0.25, 0.3) is 0 Å². The predicted octanol–water partition coefficient (Wildman–Crippen LogP) is 3.58. The Hall–Kier alpha value is -2.56. The third-order valence-electron chi connectivity index (χ3n) is 3.33. The van der Waals surface area contributed by atoms with Crippen LogP contribution in [0, 0.1) is 17.0 Å². The number of nitrogens with one attached hydrogen (secondary N) is 1. The molecule has 0 spiro atoms. The van der Waals surface area contributed by atoms with Crippen molar-refractivity contribution in [2.24, 2.45) is 0 Å². The summed E-state index contributed by atoms with van der Waals surface area (Å²) in [5, 5.41) is 14.1. The lowest BCUT2D eigenvalue weighted by molar-refractivity contribution is -0.384. The van der Waals surface area contributed by atoms with E-state index >= 15 is 0 Å². The summed E-state index contributed by atoms with van der Waals surface area (Å²) in [6.45, 7) is 2.60. The number of hydrogen-bond donors (Lipinski definition) is 1. The normalized spacial score (nSPS) is 10.2. The molecule has 0 aliphatic heterocycles. The SMILES string of the molecule is Cc1cc(N(C)C)ccc1NCc1cccc([N+](=O)[O-])c1. The Morgan fingerprint density at radius 1 is 1.19 bits per heavy atom. The molecular weight excluding hydrogens is 266 g/mol. The van der Waals surface area contributed by atoms with Crippen molar-refractivity contribution >= 4 is 17.1 Å². The lowest BCUT2D eigenvalue weighted by atomic mass is 10.1. The summed E-state index contributed by atoms with van der Waals surface area (Å²) in [5.74, 6) is 0. The minimum atomic E-state index is -0.374. The Morgan fingerprint density at radius 2 is 1.95 bits per heavy atom. The van der Waals surface area contributed by atoms with Gasteiger partial charge in [-0.15, -0.1) is 0 Å². The van der Waals surface area contributed by atoms with Crippen LogP contribution in [0.5, 0.6) is 0 Å². The fourth-order valence-electron chi connectivity index (χ4n) is 2.10. The maximum absolute atomic E-state index is 10.8. The van der Waals surface area contributed by atoms with E-state index in [0.717, 1.165) is 22.5 Å². The van der Waals surface area contributed by atoms with E-state index in [1.54, 1.807) is 12.1 Å². The molecule has 0 radical (unpaired) electrons. The molecule has 5 heteroatoms. The second kappa shape index (κ2) is 6.26. The molecule has 0 saturated heterocycles. The van der Waals surface area contributed by atoms with Crippen molar-refractivity contribution in [1.82, 2.24) is 0 Å². The predicted molar refractivity (Wildman–Crippen MR) is 85.9 cm³/mol. The molecule has 2 aromatic carbocycles. The van der Waals surface area contributed by atoms with E-state index in [1.165, 1.54) is 6.07 Å². The number of rotatable bonds is 5. The van der Waals surface area contributed by atoms with E-state index in [-0.39, 0.29) is 10.6 Å². The number of aryl methyl sites for hydroxylation is 1. The molecule has 2 aromatic rings.